The van der Waals surface area contributed by atoms with Gasteiger partial charge in [0.25, 0.3) is 5.69 Å². The summed E-state index contributed by atoms with van der Waals surface area (Å²) < 4.78 is 42.7. The molecule has 1 saturated heterocycles. The number of carboxylic acids is 1. The number of anilines is 1. The first-order valence-electron chi connectivity index (χ1n) is 13.2. The highest BCUT2D eigenvalue weighted by atomic mass is 19.4. The van der Waals surface area contributed by atoms with Gasteiger partial charge in [0, 0.05) is 23.6 Å². The van der Waals surface area contributed by atoms with Crippen LogP contribution in [0.2, 0.25) is 0 Å². The molecule has 1 saturated carbocycles. The fraction of sp³-hybridized carbons (Fsp3) is 0.500. The van der Waals surface area contributed by atoms with Crippen LogP contribution < -0.4 is 20.1 Å². The molecule has 2 aromatic carbocycles. The number of nitro groups is 1. The lowest BCUT2D eigenvalue weighted by atomic mass is 9.65. The Balaban J connectivity index is 0.000000616. The molecule has 1 aliphatic carbocycles. The molecular weight excluding hydrogens is 561 g/mol. The van der Waals surface area contributed by atoms with Gasteiger partial charge in [-0.1, -0.05) is 6.07 Å². The van der Waals surface area contributed by atoms with E-state index in [0.29, 0.717) is 5.75 Å². The lowest BCUT2D eigenvalue weighted by molar-refractivity contribution is -0.384. The number of urea groups is 1. The zero-order chi connectivity index (χ0) is 31.4. The fourth-order valence-corrected chi connectivity index (χ4v) is 5.79. The van der Waals surface area contributed by atoms with Crippen LogP contribution in [0.3, 0.4) is 0 Å². The van der Waals surface area contributed by atoms with Gasteiger partial charge in [-0.3, -0.25) is 10.1 Å². The molecule has 0 radical (unpaired) electrons. The molecule has 3 atom stereocenters. The predicted octanol–water partition coefficient (Wildman–Crippen LogP) is 5.18. The van der Waals surface area contributed by atoms with Crippen LogP contribution in [0.15, 0.2) is 30.3 Å². The summed E-state index contributed by atoms with van der Waals surface area (Å²) in [5, 5.41) is 24.4. The van der Waals surface area contributed by atoms with Crippen molar-refractivity contribution in [2.75, 3.05) is 33.1 Å². The minimum absolute atomic E-state index is 0.0180. The number of likely N-dealkylation sites (tertiary alicyclic amines) is 1. The van der Waals surface area contributed by atoms with E-state index in [1.807, 2.05) is 19.9 Å². The molecule has 11 nitrogen and oxygen atoms in total. The number of nitrogens with zero attached hydrogens (tertiary/aromatic N) is 2. The van der Waals surface area contributed by atoms with Crippen molar-refractivity contribution in [1.82, 2.24) is 10.2 Å². The molecule has 1 heterocycles. The number of nitro benzene ring substituents is 1. The topological polar surface area (TPSA) is 143 Å². The molecule has 4 rings (SSSR count). The van der Waals surface area contributed by atoms with Gasteiger partial charge in [-0.2, -0.15) is 13.2 Å². The van der Waals surface area contributed by atoms with E-state index < -0.39 is 23.1 Å². The lowest BCUT2D eigenvalue weighted by Crippen LogP contribution is -2.52. The molecule has 0 spiro atoms. The van der Waals surface area contributed by atoms with Gasteiger partial charge in [0.05, 0.1) is 19.1 Å². The van der Waals surface area contributed by atoms with E-state index >= 15 is 0 Å². The van der Waals surface area contributed by atoms with E-state index in [-0.39, 0.29) is 28.9 Å². The van der Waals surface area contributed by atoms with Gasteiger partial charge < -0.3 is 30.1 Å². The Morgan fingerprint density at radius 3 is 2.29 bits per heavy atom. The Bertz CT molecular complexity index is 1340. The molecular formula is C28H35F3N4O7. The van der Waals surface area contributed by atoms with E-state index in [0.717, 1.165) is 49.1 Å². The van der Waals surface area contributed by atoms with Crippen LogP contribution in [0, 0.1) is 24.0 Å². The largest absolute Gasteiger partial charge is 0.493 e. The number of amides is 2. The van der Waals surface area contributed by atoms with E-state index in [4.69, 9.17) is 19.4 Å². The number of carbonyl (C=O) groups is 2. The molecule has 1 aliphatic heterocycles. The third kappa shape index (κ3) is 7.04. The molecule has 2 amide bonds. The van der Waals surface area contributed by atoms with Crippen molar-refractivity contribution >= 4 is 23.4 Å². The van der Waals surface area contributed by atoms with Gasteiger partial charge >= 0.3 is 18.2 Å². The maximum atomic E-state index is 12.8. The Morgan fingerprint density at radius 1 is 1.10 bits per heavy atom. The zero-order valence-corrected chi connectivity index (χ0v) is 24.0. The summed E-state index contributed by atoms with van der Waals surface area (Å²) in [6.45, 7) is 4.66. The number of nitrogens with one attached hydrogen (secondary N) is 2. The van der Waals surface area contributed by atoms with Crippen molar-refractivity contribution in [2.45, 2.75) is 63.2 Å². The average Bonchev–Trinajstić information content (AvgIpc) is 3.26. The van der Waals surface area contributed by atoms with Crippen LogP contribution in [-0.4, -0.2) is 73.0 Å². The molecule has 0 aromatic heterocycles. The third-order valence-electron chi connectivity index (χ3n) is 8.12. The summed E-state index contributed by atoms with van der Waals surface area (Å²) in [6, 6.07) is 9.15. The maximum Gasteiger partial charge on any atom is 0.490 e. The number of alkyl halides is 3. The number of carboxylic acid groups (broad SMARTS) is 1. The highest BCUT2D eigenvalue weighted by Crippen LogP contribution is 2.50. The van der Waals surface area contributed by atoms with E-state index in [2.05, 4.69) is 34.7 Å². The number of rotatable bonds is 6. The van der Waals surface area contributed by atoms with Gasteiger partial charge in [-0.25, -0.2) is 9.59 Å². The van der Waals surface area contributed by atoms with Crippen LogP contribution in [0.4, 0.5) is 29.3 Å². The molecule has 3 N–H and O–H groups in total. The third-order valence-corrected chi connectivity index (χ3v) is 8.12. The number of hydrogen-bond donors (Lipinski definition) is 3. The first kappa shape index (κ1) is 32.4. The zero-order valence-electron chi connectivity index (χ0n) is 24.0. The van der Waals surface area contributed by atoms with Crippen LogP contribution in [0.1, 0.15) is 42.4 Å². The first-order chi connectivity index (χ1) is 19.6. The van der Waals surface area contributed by atoms with Gasteiger partial charge in [0.2, 0.25) is 0 Å². The summed E-state index contributed by atoms with van der Waals surface area (Å²) in [5.41, 5.74) is 3.02. The number of benzene rings is 2. The van der Waals surface area contributed by atoms with Gasteiger partial charge in [-0.05, 0) is 88.0 Å². The van der Waals surface area contributed by atoms with Crippen molar-refractivity contribution in [3.05, 3.63) is 57.1 Å². The second-order valence-electron chi connectivity index (χ2n) is 10.6. The minimum atomic E-state index is -5.08. The number of ether oxygens (including phenoxy) is 2. The Hall–Kier alpha value is -4.07. The quantitative estimate of drug-likeness (QED) is 0.306. The monoisotopic (exact) mass is 596 g/mol. The van der Waals surface area contributed by atoms with E-state index in [1.165, 1.54) is 11.6 Å². The SMILES string of the molecule is COc1ccc(C23CCC(NC(=O)Nc4cc(C)c(C)cc4[N+](=O)[O-])CC2N(C)CC3)cc1OC.O=C(O)C(F)(F)F. The summed E-state index contributed by atoms with van der Waals surface area (Å²) in [7, 11) is 5.42. The standard InChI is InChI=1S/C26H34N4O5.C2HF3O2/c1-16-12-20(21(30(32)33)13-17(16)2)28-25(31)27-19-8-9-26(10-11-29(3)24(26)15-19)18-6-7-22(34-4)23(14-18)35-5;3-2(4,5)1(6)7/h6-7,12-14,19,24H,8-11,15H2,1-5H3,(H2,27,28,31);(H,6,7). The molecule has 230 valence electrons. The van der Waals surface area contributed by atoms with E-state index in [9.17, 15) is 28.1 Å². The first-order valence-corrected chi connectivity index (χ1v) is 13.2. The number of likely N-dealkylation sites (N-methyl/N-ethyl adjacent to an activating group) is 1. The predicted molar refractivity (Wildman–Crippen MR) is 148 cm³/mol. The number of methoxy groups -OCH3 is 2. The van der Waals surface area contributed by atoms with Crippen molar-refractivity contribution < 1.29 is 42.3 Å². The average molecular weight is 597 g/mol. The molecule has 3 unspecified atom stereocenters. The fourth-order valence-electron chi connectivity index (χ4n) is 5.79. The highest BCUT2D eigenvalue weighted by Gasteiger charge is 2.50. The number of aryl methyl sites for hydroxylation is 2. The summed E-state index contributed by atoms with van der Waals surface area (Å²) in [6.07, 6.45) is -1.50. The molecule has 42 heavy (non-hydrogen) atoms. The summed E-state index contributed by atoms with van der Waals surface area (Å²) >= 11 is 0. The van der Waals surface area contributed by atoms with Crippen molar-refractivity contribution in [3.63, 3.8) is 0 Å². The molecule has 2 fully saturated rings. The number of halogens is 3. The lowest BCUT2D eigenvalue weighted by Gasteiger charge is -2.45. The maximum absolute atomic E-state index is 12.8. The van der Waals surface area contributed by atoms with Crippen molar-refractivity contribution in [2.24, 2.45) is 0 Å². The molecule has 2 aliphatic rings. The van der Waals surface area contributed by atoms with Crippen molar-refractivity contribution in [3.8, 4) is 11.5 Å². The normalized spacial score (nSPS) is 21.8. The second-order valence-corrected chi connectivity index (χ2v) is 10.6. The number of fused-ring (bicyclic) bond motifs is 1. The summed E-state index contributed by atoms with van der Waals surface area (Å²) in [5.74, 6) is -1.32. The van der Waals surface area contributed by atoms with Crippen molar-refractivity contribution in [1.29, 1.82) is 0 Å². The van der Waals surface area contributed by atoms with Gasteiger partial charge in [0.15, 0.2) is 11.5 Å². The number of carbonyl (C=O) groups excluding carboxylic acids is 1. The molecule has 2 aromatic rings. The Kier molecular flexibility index (Phi) is 9.92. The Labute approximate surface area is 241 Å². The highest BCUT2D eigenvalue weighted by molar-refractivity contribution is 5.92. The molecule has 0 bridgehead atoms. The Morgan fingerprint density at radius 2 is 1.71 bits per heavy atom. The van der Waals surface area contributed by atoms with Crippen LogP contribution >= 0.6 is 0 Å². The van der Waals surface area contributed by atoms with Crippen LogP contribution in [0.5, 0.6) is 11.5 Å². The number of hydrogen-bond acceptors (Lipinski definition) is 7. The van der Waals surface area contributed by atoms with Gasteiger partial charge in [-0.15, -0.1) is 0 Å². The van der Waals surface area contributed by atoms with Crippen LogP contribution in [-0.2, 0) is 10.2 Å². The second kappa shape index (κ2) is 12.8. The number of aliphatic carboxylic acids is 1. The smallest absolute Gasteiger partial charge is 0.490 e. The van der Waals surface area contributed by atoms with Crippen LogP contribution in [0.25, 0.3) is 0 Å². The summed E-state index contributed by atoms with van der Waals surface area (Å²) in [4.78, 5) is 35.1. The molecule has 14 heteroatoms. The minimum Gasteiger partial charge on any atom is -0.493 e. The van der Waals surface area contributed by atoms with E-state index in [1.54, 1.807) is 20.3 Å². The van der Waals surface area contributed by atoms with Gasteiger partial charge in [0.1, 0.15) is 5.69 Å².